The Labute approximate surface area is 120 Å². The number of hydrogen-bond donors (Lipinski definition) is 1. The largest absolute Gasteiger partial charge is 0.488 e. The summed E-state index contributed by atoms with van der Waals surface area (Å²) in [4.78, 5) is 0. The lowest BCUT2D eigenvalue weighted by Crippen LogP contribution is -2.29. The van der Waals surface area contributed by atoms with E-state index in [2.05, 4.69) is 61.6 Å². The quantitative estimate of drug-likeness (QED) is 0.897. The van der Waals surface area contributed by atoms with Crippen molar-refractivity contribution in [2.45, 2.75) is 32.4 Å². The van der Waals surface area contributed by atoms with Gasteiger partial charge in [-0.25, -0.2) is 0 Å². The van der Waals surface area contributed by atoms with Crippen LogP contribution in [0.2, 0.25) is 0 Å². The SMILES string of the molecule is CCCNC1c2cccc(-c3ccccc3)c2OC1C. The third-order valence-electron chi connectivity index (χ3n) is 3.85. The topological polar surface area (TPSA) is 21.3 Å². The predicted octanol–water partition coefficient (Wildman–Crippen LogP) is 4.18. The van der Waals surface area contributed by atoms with E-state index in [1.807, 2.05) is 6.07 Å². The van der Waals surface area contributed by atoms with Crippen LogP contribution in [0, 0.1) is 0 Å². The van der Waals surface area contributed by atoms with Crippen molar-refractivity contribution in [1.29, 1.82) is 0 Å². The third-order valence-corrected chi connectivity index (χ3v) is 3.85. The number of para-hydroxylation sites is 1. The highest BCUT2D eigenvalue weighted by Gasteiger charge is 2.32. The molecule has 2 aromatic rings. The van der Waals surface area contributed by atoms with E-state index in [0.717, 1.165) is 18.7 Å². The fraction of sp³-hybridized carbons (Fsp3) is 0.333. The molecule has 1 N–H and O–H groups in total. The molecule has 0 saturated carbocycles. The molecule has 0 bridgehead atoms. The predicted molar refractivity (Wildman–Crippen MR) is 83.0 cm³/mol. The minimum atomic E-state index is 0.182. The molecule has 2 aromatic carbocycles. The van der Waals surface area contributed by atoms with Crippen molar-refractivity contribution >= 4 is 0 Å². The van der Waals surface area contributed by atoms with Crippen LogP contribution in [0.15, 0.2) is 48.5 Å². The van der Waals surface area contributed by atoms with Crippen molar-refractivity contribution in [1.82, 2.24) is 5.32 Å². The average Bonchev–Trinajstić information content (AvgIpc) is 2.81. The van der Waals surface area contributed by atoms with Crippen molar-refractivity contribution in [2.24, 2.45) is 0 Å². The van der Waals surface area contributed by atoms with Gasteiger partial charge in [-0.15, -0.1) is 0 Å². The maximum atomic E-state index is 6.14. The minimum absolute atomic E-state index is 0.182. The lowest BCUT2D eigenvalue weighted by atomic mass is 9.98. The monoisotopic (exact) mass is 267 g/mol. The second-order valence-electron chi connectivity index (χ2n) is 5.34. The van der Waals surface area contributed by atoms with Gasteiger partial charge in [0.2, 0.25) is 0 Å². The average molecular weight is 267 g/mol. The van der Waals surface area contributed by atoms with E-state index in [9.17, 15) is 0 Å². The molecule has 0 saturated heterocycles. The Kier molecular flexibility index (Phi) is 3.75. The number of fused-ring (bicyclic) bond motifs is 1. The molecule has 1 heterocycles. The van der Waals surface area contributed by atoms with Gasteiger partial charge in [-0.1, -0.05) is 55.5 Å². The Morgan fingerprint density at radius 3 is 2.60 bits per heavy atom. The highest BCUT2D eigenvalue weighted by molar-refractivity contribution is 5.73. The normalized spacial score (nSPS) is 20.5. The first-order valence-electron chi connectivity index (χ1n) is 7.39. The molecule has 0 fully saturated rings. The summed E-state index contributed by atoms with van der Waals surface area (Å²) in [5.41, 5.74) is 3.69. The molecular weight excluding hydrogens is 246 g/mol. The van der Waals surface area contributed by atoms with E-state index < -0.39 is 0 Å². The van der Waals surface area contributed by atoms with Crippen molar-refractivity contribution in [2.75, 3.05) is 6.54 Å². The highest BCUT2D eigenvalue weighted by atomic mass is 16.5. The van der Waals surface area contributed by atoms with Crippen LogP contribution in [-0.2, 0) is 0 Å². The van der Waals surface area contributed by atoms with Crippen LogP contribution in [0.1, 0.15) is 31.9 Å². The summed E-state index contributed by atoms with van der Waals surface area (Å²) in [6, 6.07) is 17.2. The first-order valence-corrected chi connectivity index (χ1v) is 7.39. The van der Waals surface area contributed by atoms with Crippen molar-refractivity contribution in [3.8, 4) is 16.9 Å². The van der Waals surface area contributed by atoms with Crippen LogP contribution >= 0.6 is 0 Å². The molecule has 3 rings (SSSR count). The maximum absolute atomic E-state index is 6.14. The summed E-state index contributed by atoms with van der Waals surface area (Å²) in [6.45, 7) is 5.35. The van der Waals surface area contributed by atoms with Gasteiger partial charge in [0.1, 0.15) is 11.9 Å². The van der Waals surface area contributed by atoms with Crippen molar-refractivity contribution < 1.29 is 4.74 Å². The zero-order chi connectivity index (χ0) is 13.9. The van der Waals surface area contributed by atoms with E-state index in [4.69, 9.17) is 4.74 Å². The molecule has 2 heteroatoms. The van der Waals surface area contributed by atoms with Crippen molar-refractivity contribution in [3.63, 3.8) is 0 Å². The van der Waals surface area contributed by atoms with Gasteiger partial charge < -0.3 is 10.1 Å². The molecule has 2 atom stereocenters. The smallest absolute Gasteiger partial charge is 0.132 e. The van der Waals surface area contributed by atoms with Crippen LogP contribution in [0.5, 0.6) is 5.75 Å². The lowest BCUT2D eigenvalue weighted by Gasteiger charge is -2.15. The van der Waals surface area contributed by atoms with Gasteiger partial charge in [-0.2, -0.15) is 0 Å². The number of benzene rings is 2. The zero-order valence-corrected chi connectivity index (χ0v) is 12.1. The van der Waals surface area contributed by atoms with Crippen LogP contribution in [0.4, 0.5) is 0 Å². The third kappa shape index (κ3) is 2.32. The van der Waals surface area contributed by atoms with Gasteiger partial charge in [-0.05, 0) is 25.5 Å². The van der Waals surface area contributed by atoms with Gasteiger partial charge in [0.25, 0.3) is 0 Å². The maximum Gasteiger partial charge on any atom is 0.132 e. The standard InChI is InChI=1S/C18H21NO/c1-3-12-19-17-13(2)20-18-15(10-7-11-16(17)18)14-8-5-4-6-9-14/h4-11,13,17,19H,3,12H2,1-2H3. The summed E-state index contributed by atoms with van der Waals surface area (Å²) in [6.07, 6.45) is 1.32. The molecule has 2 unspecified atom stereocenters. The van der Waals surface area contributed by atoms with Crippen molar-refractivity contribution in [3.05, 3.63) is 54.1 Å². The van der Waals surface area contributed by atoms with E-state index in [1.165, 1.54) is 16.7 Å². The molecule has 1 aliphatic heterocycles. The first-order chi connectivity index (χ1) is 9.81. The first kappa shape index (κ1) is 13.2. The fourth-order valence-electron chi connectivity index (χ4n) is 2.86. The summed E-state index contributed by atoms with van der Waals surface area (Å²) in [5.74, 6) is 1.04. The molecule has 1 aliphatic rings. The summed E-state index contributed by atoms with van der Waals surface area (Å²) >= 11 is 0. The molecule has 0 amide bonds. The second-order valence-corrected chi connectivity index (χ2v) is 5.34. The van der Waals surface area contributed by atoms with Crippen LogP contribution < -0.4 is 10.1 Å². The zero-order valence-electron chi connectivity index (χ0n) is 12.1. The minimum Gasteiger partial charge on any atom is -0.488 e. The number of rotatable bonds is 4. The summed E-state index contributed by atoms with van der Waals surface area (Å²) in [7, 11) is 0. The lowest BCUT2D eigenvalue weighted by molar-refractivity contribution is 0.210. The Morgan fingerprint density at radius 1 is 1.05 bits per heavy atom. The highest BCUT2D eigenvalue weighted by Crippen LogP contribution is 2.43. The Balaban J connectivity index is 2.00. The van der Waals surface area contributed by atoms with Crippen LogP contribution in [0.25, 0.3) is 11.1 Å². The van der Waals surface area contributed by atoms with Gasteiger partial charge in [0, 0.05) is 11.1 Å². The molecule has 0 radical (unpaired) electrons. The molecule has 0 spiro atoms. The van der Waals surface area contributed by atoms with Gasteiger partial charge in [0.15, 0.2) is 0 Å². The van der Waals surface area contributed by atoms with Gasteiger partial charge in [-0.3, -0.25) is 0 Å². The Bertz CT molecular complexity index is 579. The number of nitrogens with one attached hydrogen (secondary N) is 1. The number of hydrogen-bond acceptors (Lipinski definition) is 2. The number of ether oxygens (including phenoxy) is 1. The van der Waals surface area contributed by atoms with Crippen LogP contribution in [-0.4, -0.2) is 12.6 Å². The molecule has 104 valence electrons. The Morgan fingerprint density at radius 2 is 1.85 bits per heavy atom. The van der Waals surface area contributed by atoms with E-state index >= 15 is 0 Å². The molecule has 0 aromatic heterocycles. The van der Waals surface area contributed by atoms with Crippen LogP contribution in [0.3, 0.4) is 0 Å². The Hall–Kier alpha value is -1.80. The summed E-state index contributed by atoms with van der Waals surface area (Å²) in [5, 5.41) is 3.59. The van der Waals surface area contributed by atoms with E-state index in [1.54, 1.807) is 0 Å². The van der Waals surface area contributed by atoms with Gasteiger partial charge >= 0.3 is 0 Å². The fourth-order valence-corrected chi connectivity index (χ4v) is 2.86. The van der Waals surface area contributed by atoms with Gasteiger partial charge in [0.05, 0.1) is 6.04 Å². The molecule has 2 nitrogen and oxygen atoms in total. The molecular formula is C18H21NO. The second kappa shape index (κ2) is 5.68. The summed E-state index contributed by atoms with van der Waals surface area (Å²) < 4.78 is 6.14. The van der Waals surface area contributed by atoms with E-state index in [-0.39, 0.29) is 6.10 Å². The molecule has 0 aliphatic carbocycles. The molecule has 20 heavy (non-hydrogen) atoms. The van der Waals surface area contributed by atoms with E-state index in [0.29, 0.717) is 6.04 Å².